The van der Waals surface area contributed by atoms with E-state index < -0.39 is 6.10 Å². The molecule has 2 N–H and O–H groups in total. The number of allylic oxidation sites excluding steroid dienone is 3. The first-order valence-electron chi connectivity index (χ1n) is 7.33. The van der Waals surface area contributed by atoms with Gasteiger partial charge in [-0.1, -0.05) is 25.0 Å². The number of carbonyl (C=O) groups excluding carboxylic acids is 1. The fraction of sp³-hybridized carbons (Fsp3) is 0.688. The number of nitrogens with zero attached hydrogens (tertiary/aromatic N) is 1. The average Bonchev–Trinajstić information content (AvgIpc) is 2.32. The van der Waals surface area contributed by atoms with Gasteiger partial charge in [-0.05, 0) is 39.9 Å². The van der Waals surface area contributed by atoms with Gasteiger partial charge in [0.25, 0.3) is 0 Å². The molecule has 4 heteroatoms. The van der Waals surface area contributed by atoms with Gasteiger partial charge in [0.05, 0.1) is 6.10 Å². The van der Waals surface area contributed by atoms with E-state index in [1.54, 1.807) is 0 Å². The average molecular weight is 282 g/mol. The summed E-state index contributed by atoms with van der Waals surface area (Å²) in [7, 11) is 2.01. The van der Waals surface area contributed by atoms with Gasteiger partial charge < -0.3 is 15.3 Å². The molecule has 0 aliphatic heterocycles. The third-order valence-electron chi connectivity index (χ3n) is 2.83. The van der Waals surface area contributed by atoms with Crippen molar-refractivity contribution < 1.29 is 9.90 Å². The van der Waals surface area contributed by atoms with Crippen molar-refractivity contribution in [3.63, 3.8) is 0 Å². The van der Waals surface area contributed by atoms with Crippen LogP contribution in [0.5, 0.6) is 0 Å². The second-order valence-corrected chi connectivity index (χ2v) is 5.59. The van der Waals surface area contributed by atoms with Crippen LogP contribution in [0.4, 0.5) is 0 Å². The lowest BCUT2D eigenvalue weighted by molar-refractivity contribution is -0.118. The summed E-state index contributed by atoms with van der Waals surface area (Å²) in [6.45, 7) is 9.23. The molecule has 0 rings (SSSR count). The number of rotatable bonds is 9. The van der Waals surface area contributed by atoms with E-state index in [1.807, 2.05) is 33.0 Å². The summed E-state index contributed by atoms with van der Waals surface area (Å²) in [5, 5.41) is 12.9. The van der Waals surface area contributed by atoms with Crippen molar-refractivity contribution in [2.24, 2.45) is 0 Å². The van der Waals surface area contributed by atoms with E-state index in [-0.39, 0.29) is 5.91 Å². The smallest absolute Gasteiger partial charge is 0.220 e. The van der Waals surface area contributed by atoms with Crippen LogP contribution in [-0.2, 0) is 4.79 Å². The summed E-state index contributed by atoms with van der Waals surface area (Å²) in [4.78, 5) is 13.3. The number of hydrogen-bond donors (Lipinski definition) is 2. The molecule has 0 radical (unpaired) electrons. The molecule has 116 valence electrons. The summed E-state index contributed by atoms with van der Waals surface area (Å²) in [6, 6.07) is 0. The monoisotopic (exact) mass is 282 g/mol. The lowest BCUT2D eigenvalue weighted by Gasteiger charge is -2.21. The Hall–Kier alpha value is -1.13. The van der Waals surface area contributed by atoms with E-state index >= 15 is 0 Å². The molecule has 0 bridgehead atoms. The van der Waals surface area contributed by atoms with Gasteiger partial charge in [-0.25, -0.2) is 0 Å². The Morgan fingerprint density at radius 3 is 2.45 bits per heavy atom. The van der Waals surface area contributed by atoms with Crippen LogP contribution < -0.4 is 5.32 Å². The Kier molecular flexibility index (Phi) is 10.0. The number of aliphatic hydroxyl groups excluding tert-OH is 1. The van der Waals surface area contributed by atoms with E-state index in [0.29, 0.717) is 13.0 Å². The Morgan fingerprint density at radius 2 is 1.95 bits per heavy atom. The van der Waals surface area contributed by atoms with Crippen molar-refractivity contribution in [2.45, 2.75) is 53.1 Å². The van der Waals surface area contributed by atoms with E-state index in [0.717, 1.165) is 30.7 Å². The minimum atomic E-state index is -0.472. The number of unbranched alkanes of at least 4 members (excludes halogenated alkanes) is 1. The number of hydrogen-bond acceptors (Lipinski definition) is 3. The topological polar surface area (TPSA) is 52.6 Å². The quantitative estimate of drug-likeness (QED) is 0.639. The molecule has 0 fully saturated rings. The molecular weight excluding hydrogens is 252 g/mol. The molecule has 0 aromatic heterocycles. The summed E-state index contributed by atoms with van der Waals surface area (Å²) in [5.41, 5.74) is 1.91. The third-order valence-corrected chi connectivity index (χ3v) is 2.83. The molecule has 0 aromatic carbocycles. The second kappa shape index (κ2) is 10.6. The Labute approximate surface area is 123 Å². The first kappa shape index (κ1) is 18.9. The van der Waals surface area contributed by atoms with Crippen LogP contribution in [0.3, 0.4) is 0 Å². The molecule has 1 unspecified atom stereocenters. The fourth-order valence-corrected chi connectivity index (χ4v) is 1.85. The first-order chi connectivity index (χ1) is 9.35. The van der Waals surface area contributed by atoms with Gasteiger partial charge in [0.1, 0.15) is 0 Å². The van der Waals surface area contributed by atoms with Crippen molar-refractivity contribution in [1.82, 2.24) is 10.2 Å². The predicted octanol–water partition coefficient (Wildman–Crippen LogP) is 2.46. The number of aliphatic hydroxyl groups is 1. The van der Waals surface area contributed by atoms with Crippen LogP contribution >= 0.6 is 0 Å². The first-order valence-corrected chi connectivity index (χ1v) is 7.33. The normalized spacial score (nSPS) is 13.2. The van der Waals surface area contributed by atoms with Gasteiger partial charge >= 0.3 is 0 Å². The molecule has 0 aromatic rings. The molecule has 0 aliphatic rings. The van der Waals surface area contributed by atoms with E-state index in [2.05, 4.69) is 17.1 Å². The highest BCUT2D eigenvalue weighted by Crippen LogP contribution is 2.06. The zero-order chi connectivity index (χ0) is 15.5. The van der Waals surface area contributed by atoms with Crippen molar-refractivity contribution in [3.05, 3.63) is 23.4 Å². The Balaban J connectivity index is 4.45. The van der Waals surface area contributed by atoms with Gasteiger partial charge in [-0.2, -0.15) is 0 Å². The minimum absolute atomic E-state index is 0.107. The van der Waals surface area contributed by atoms with E-state index in [9.17, 15) is 9.90 Å². The van der Waals surface area contributed by atoms with E-state index in [1.165, 1.54) is 6.92 Å². The van der Waals surface area contributed by atoms with Crippen LogP contribution in [-0.4, -0.2) is 42.2 Å². The highest BCUT2D eigenvalue weighted by Gasteiger charge is 2.11. The van der Waals surface area contributed by atoms with Crippen LogP contribution in [0.25, 0.3) is 0 Å². The highest BCUT2D eigenvalue weighted by atomic mass is 16.3. The largest absolute Gasteiger partial charge is 0.391 e. The molecule has 0 aliphatic carbocycles. The zero-order valence-electron chi connectivity index (χ0n) is 13.6. The summed E-state index contributed by atoms with van der Waals surface area (Å²) in [6.07, 6.45) is 6.08. The number of carbonyl (C=O) groups is 1. The lowest BCUT2D eigenvalue weighted by Crippen LogP contribution is -2.32. The summed E-state index contributed by atoms with van der Waals surface area (Å²) < 4.78 is 0. The standard InChI is InChI=1S/C16H30N2O2/c1-6-7-10-18(5)12-16(20)11-15(17-14(4)19)9-8-13(2)3/h8-9,16,20H,6-7,10-12H2,1-5H3,(H,17,19)/b15-9-. The maximum Gasteiger partial charge on any atom is 0.220 e. The molecule has 1 atom stereocenters. The molecule has 4 nitrogen and oxygen atoms in total. The highest BCUT2D eigenvalue weighted by molar-refractivity contribution is 5.74. The van der Waals surface area contributed by atoms with Crippen molar-refractivity contribution in [3.8, 4) is 0 Å². The van der Waals surface area contributed by atoms with Gasteiger partial charge in [0.2, 0.25) is 5.91 Å². The lowest BCUT2D eigenvalue weighted by atomic mass is 10.1. The van der Waals surface area contributed by atoms with Crippen LogP contribution in [0, 0.1) is 0 Å². The second-order valence-electron chi connectivity index (χ2n) is 5.59. The Bertz CT molecular complexity index is 344. The van der Waals surface area contributed by atoms with Crippen LogP contribution in [0.1, 0.15) is 47.0 Å². The molecule has 20 heavy (non-hydrogen) atoms. The number of nitrogens with one attached hydrogen (secondary N) is 1. The molecule has 0 saturated carbocycles. The number of likely N-dealkylation sites (N-methyl/N-ethyl adjacent to an activating group) is 1. The van der Waals surface area contributed by atoms with Crippen LogP contribution in [0.15, 0.2) is 23.4 Å². The number of amides is 1. The molecule has 1 amide bonds. The van der Waals surface area contributed by atoms with Crippen molar-refractivity contribution in [2.75, 3.05) is 20.1 Å². The fourth-order valence-electron chi connectivity index (χ4n) is 1.85. The minimum Gasteiger partial charge on any atom is -0.391 e. The zero-order valence-corrected chi connectivity index (χ0v) is 13.6. The summed E-state index contributed by atoms with van der Waals surface area (Å²) >= 11 is 0. The molecule has 0 heterocycles. The van der Waals surface area contributed by atoms with Crippen LogP contribution in [0.2, 0.25) is 0 Å². The third kappa shape index (κ3) is 10.8. The van der Waals surface area contributed by atoms with Crippen molar-refractivity contribution in [1.29, 1.82) is 0 Å². The maximum atomic E-state index is 11.2. The van der Waals surface area contributed by atoms with Gasteiger partial charge in [-0.3, -0.25) is 4.79 Å². The van der Waals surface area contributed by atoms with Crippen molar-refractivity contribution >= 4 is 5.91 Å². The predicted molar refractivity (Wildman–Crippen MR) is 84.4 cm³/mol. The molecule has 0 saturated heterocycles. The van der Waals surface area contributed by atoms with E-state index in [4.69, 9.17) is 0 Å². The maximum absolute atomic E-state index is 11.2. The molecular formula is C16H30N2O2. The Morgan fingerprint density at radius 1 is 1.30 bits per heavy atom. The van der Waals surface area contributed by atoms with Gasteiger partial charge in [0, 0.05) is 25.6 Å². The van der Waals surface area contributed by atoms with Gasteiger partial charge in [-0.15, -0.1) is 0 Å². The van der Waals surface area contributed by atoms with Gasteiger partial charge in [0.15, 0.2) is 0 Å². The SMILES string of the molecule is CCCCN(C)CC(O)C/C(=C/C=C(C)C)NC(C)=O. The molecule has 0 spiro atoms. The summed E-state index contributed by atoms with van der Waals surface area (Å²) in [5.74, 6) is -0.107.